The van der Waals surface area contributed by atoms with Gasteiger partial charge in [0.05, 0.1) is 6.04 Å². The van der Waals surface area contributed by atoms with Crippen molar-refractivity contribution < 1.29 is 0 Å². The largest absolute Gasteiger partial charge is 0.306 e. The van der Waals surface area contributed by atoms with Gasteiger partial charge in [-0.1, -0.05) is 48.9 Å². The van der Waals surface area contributed by atoms with E-state index in [1.807, 2.05) is 6.07 Å². The van der Waals surface area contributed by atoms with Crippen molar-refractivity contribution >= 4 is 11.6 Å². The molecule has 1 unspecified atom stereocenters. The minimum atomic E-state index is 0.223. The van der Waals surface area contributed by atoms with Crippen LogP contribution in [0.2, 0.25) is 5.02 Å². The summed E-state index contributed by atoms with van der Waals surface area (Å²) in [5, 5.41) is 4.50. The van der Waals surface area contributed by atoms with Crippen LogP contribution < -0.4 is 5.32 Å². The van der Waals surface area contributed by atoms with Gasteiger partial charge in [-0.05, 0) is 67.6 Å². The number of nitrogens with one attached hydrogen (secondary N) is 1. The van der Waals surface area contributed by atoms with Crippen LogP contribution in [0.3, 0.4) is 0 Å². The molecule has 2 rings (SSSR count). The molecule has 0 aliphatic heterocycles. The highest BCUT2D eigenvalue weighted by Gasteiger charge is 2.16. The molecule has 0 aromatic heterocycles. The lowest BCUT2D eigenvalue weighted by molar-refractivity contribution is 0.595. The van der Waals surface area contributed by atoms with Crippen molar-refractivity contribution in [2.75, 3.05) is 6.54 Å². The maximum absolute atomic E-state index is 6.17. The van der Waals surface area contributed by atoms with Crippen LogP contribution in [0, 0.1) is 20.8 Å². The molecule has 2 aromatic carbocycles. The Morgan fingerprint density at radius 3 is 2.48 bits per heavy atom. The second-order valence-electron chi connectivity index (χ2n) is 5.68. The third-order valence-electron chi connectivity index (χ3n) is 4.07. The van der Waals surface area contributed by atoms with E-state index in [2.05, 4.69) is 63.3 Å². The molecule has 0 spiro atoms. The Morgan fingerprint density at radius 1 is 1.05 bits per heavy atom. The van der Waals surface area contributed by atoms with Crippen molar-refractivity contribution in [2.24, 2.45) is 0 Å². The van der Waals surface area contributed by atoms with Crippen LogP contribution in [0.15, 0.2) is 36.4 Å². The van der Waals surface area contributed by atoms with Crippen molar-refractivity contribution in [3.8, 4) is 0 Å². The molecule has 1 N–H and O–H groups in total. The molecule has 1 nitrogen and oxygen atoms in total. The summed E-state index contributed by atoms with van der Waals surface area (Å²) >= 11 is 6.17. The van der Waals surface area contributed by atoms with Crippen LogP contribution in [-0.2, 0) is 0 Å². The standard InChI is InChI=1S/C19H24ClN/c1-5-11-21-19(16-9-10-18(20)14(3)12-16)17-8-6-7-13(2)15(17)4/h6-10,12,19,21H,5,11H2,1-4H3. The molecule has 0 heterocycles. The highest BCUT2D eigenvalue weighted by atomic mass is 35.5. The zero-order valence-corrected chi connectivity index (χ0v) is 14.1. The maximum atomic E-state index is 6.17. The normalized spacial score (nSPS) is 12.4. The molecule has 0 saturated heterocycles. The molecule has 2 heteroatoms. The Hall–Kier alpha value is -1.31. The molecule has 21 heavy (non-hydrogen) atoms. The molecular formula is C19H24ClN. The molecular weight excluding hydrogens is 278 g/mol. The van der Waals surface area contributed by atoms with Gasteiger partial charge in [0.2, 0.25) is 0 Å². The molecule has 0 bridgehead atoms. The molecule has 0 aliphatic rings. The van der Waals surface area contributed by atoms with Crippen molar-refractivity contribution in [2.45, 2.75) is 40.2 Å². The number of hydrogen-bond donors (Lipinski definition) is 1. The lowest BCUT2D eigenvalue weighted by atomic mass is 9.92. The fraction of sp³-hybridized carbons (Fsp3) is 0.368. The topological polar surface area (TPSA) is 12.0 Å². The van der Waals surface area contributed by atoms with Crippen molar-refractivity contribution in [3.05, 3.63) is 69.2 Å². The number of benzene rings is 2. The first-order valence-electron chi connectivity index (χ1n) is 7.60. The lowest BCUT2D eigenvalue weighted by Crippen LogP contribution is -2.24. The monoisotopic (exact) mass is 301 g/mol. The first-order valence-corrected chi connectivity index (χ1v) is 7.98. The van der Waals surface area contributed by atoms with E-state index in [0.29, 0.717) is 0 Å². The predicted molar refractivity (Wildman–Crippen MR) is 92.2 cm³/mol. The van der Waals surface area contributed by atoms with Gasteiger partial charge in [0.1, 0.15) is 0 Å². The van der Waals surface area contributed by atoms with Crippen LogP contribution in [0.5, 0.6) is 0 Å². The van der Waals surface area contributed by atoms with Crippen LogP contribution in [0.4, 0.5) is 0 Å². The highest BCUT2D eigenvalue weighted by molar-refractivity contribution is 6.31. The van der Waals surface area contributed by atoms with Crippen LogP contribution >= 0.6 is 11.6 Å². The number of aryl methyl sites for hydroxylation is 2. The third-order valence-corrected chi connectivity index (χ3v) is 4.50. The van der Waals surface area contributed by atoms with E-state index in [1.165, 1.54) is 22.3 Å². The van der Waals surface area contributed by atoms with Crippen molar-refractivity contribution in [3.63, 3.8) is 0 Å². The van der Waals surface area contributed by atoms with Gasteiger partial charge in [0, 0.05) is 5.02 Å². The van der Waals surface area contributed by atoms with Crippen molar-refractivity contribution in [1.82, 2.24) is 5.32 Å². The third kappa shape index (κ3) is 3.66. The van der Waals surface area contributed by atoms with Gasteiger partial charge in [0.15, 0.2) is 0 Å². The first kappa shape index (κ1) is 16.1. The van der Waals surface area contributed by atoms with Gasteiger partial charge < -0.3 is 5.32 Å². The van der Waals surface area contributed by atoms with Gasteiger partial charge in [-0.15, -0.1) is 0 Å². The van der Waals surface area contributed by atoms with Crippen LogP contribution in [0.25, 0.3) is 0 Å². The van der Waals surface area contributed by atoms with Gasteiger partial charge in [-0.2, -0.15) is 0 Å². The lowest BCUT2D eigenvalue weighted by Gasteiger charge is -2.23. The second kappa shape index (κ2) is 7.11. The zero-order chi connectivity index (χ0) is 15.4. The molecule has 2 aromatic rings. The summed E-state index contributed by atoms with van der Waals surface area (Å²) in [6.07, 6.45) is 1.12. The summed E-state index contributed by atoms with van der Waals surface area (Å²) in [6.45, 7) is 9.63. The Morgan fingerprint density at radius 2 is 1.81 bits per heavy atom. The van der Waals surface area contributed by atoms with Crippen LogP contribution in [0.1, 0.15) is 47.2 Å². The van der Waals surface area contributed by atoms with E-state index in [4.69, 9.17) is 11.6 Å². The molecule has 0 fully saturated rings. The number of halogens is 1. The van der Waals surface area contributed by atoms with Crippen molar-refractivity contribution in [1.29, 1.82) is 0 Å². The second-order valence-corrected chi connectivity index (χ2v) is 6.09. The van der Waals surface area contributed by atoms with E-state index < -0.39 is 0 Å². The summed E-state index contributed by atoms with van der Waals surface area (Å²) in [5.41, 5.74) is 6.45. The Bertz CT molecular complexity index is 619. The zero-order valence-electron chi connectivity index (χ0n) is 13.3. The van der Waals surface area contributed by atoms with Gasteiger partial charge in [-0.3, -0.25) is 0 Å². The molecule has 0 radical (unpaired) electrons. The Kier molecular flexibility index (Phi) is 5.44. The van der Waals surface area contributed by atoms with E-state index in [1.54, 1.807) is 0 Å². The van der Waals surface area contributed by atoms with Crippen LogP contribution in [-0.4, -0.2) is 6.54 Å². The van der Waals surface area contributed by atoms with Gasteiger partial charge >= 0.3 is 0 Å². The fourth-order valence-corrected chi connectivity index (χ4v) is 2.75. The number of rotatable bonds is 5. The summed E-state index contributed by atoms with van der Waals surface area (Å²) < 4.78 is 0. The molecule has 1 atom stereocenters. The molecule has 0 aliphatic carbocycles. The quantitative estimate of drug-likeness (QED) is 0.784. The fourth-order valence-electron chi connectivity index (χ4n) is 2.63. The smallest absolute Gasteiger partial charge is 0.0579 e. The van der Waals surface area contributed by atoms with E-state index in [0.717, 1.165) is 23.6 Å². The SMILES string of the molecule is CCCNC(c1ccc(Cl)c(C)c1)c1cccc(C)c1C. The van der Waals surface area contributed by atoms with Gasteiger partial charge in [-0.25, -0.2) is 0 Å². The highest BCUT2D eigenvalue weighted by Crippen LogP contribution is 2.29. The first-order chi connectivity index (χ1) is 10.0. The van der Waals surface area contributed by atoms with E-state index in [9.17, 15) is 0 Å². The number of hydrogen-bond acceptors (Lipinski definition) is 1. The summed E-state index contributed by atoms with van der Waals surface area (Å²) in [4.78, 5) is 0. The summed E-state index contributed by atoms with van der Waals surface area (Å²) in [6, 6.07) is 13.1. The minimum absolute atomic E-state index is 0.223. The molecule has 112 valence electrons. The predicted octanol–water partition coefficient (Wildman–Crippen LogP) is 5.35. The average Bonchev–Trinajstić information content (AvgIpc) is 2.47. The molecule has 0 saturated carbocycles. The maximum Gasteiger partial charge on any atom is 0.0579 e. The summed E-state index contributed by atoms with van der Waals surface area (Å²) in [7, 11) is 0. The summed E-state index contributed by atoms with van der Waals surface area (Å²) in [5.74, 6) is 0. The van der Waals surface area contributed by atoms with Gasteiger partial charge in [0.25, 0.3) is 0 Å². The Balaban J connectivity index is 2.47. The van der Waals surface area contributed by atoms with E-state index in [-0.39, 0.29) is 6.04 Å². The minimum Gasteiger partial charge on any atom is -0.306 e. The molecule has 0 amide bonds. The Labute approximate surface area is 133 Å². The van der Waals surface area contributed by atoms with E-state index >= 15 is 0 Å². The average molecular weight is 302 g/mol.